The van der Waals surface area contributed by atoms with E-state index in [9.17, 15) is 9.59 Å². The number of amides is 2. The first-order valence-corrected chi connectivity index (χ1v) is 17.5. The van der Waals surface area contributed by atoms with Gasteiger partial charge in [-0.05, 0) is 81.4 Å². The van der Waals surface area contributed by atoms with Gasteiger partial charge in [-0.1, -0.05) is 74.8 Å². The largest absolute Gasteiger partial charge is 0.492 e. The first-order valence-electron chi connectivity index (χ1n) is 17.1. The van der Waals surface area contributed by atoms with Crippen LogP contribution in [0.4, 0.5) is 5.69 Å². The Morgan fingerprint density at radius 3 is 2.40 bits per heavy atom. The Morgan fingerprint density at radius 2 is 1.71 bits per heavy atom. The number of carbonyl (C=O) groups is 2. The maximum atomic E-state index is 14.3. The van der Waals surface area contributed by atoms with Gasteiger partial charge in [0.1, 0.15) is 12.2 Å². The Balaban J connectivity index is 1.57. The van der Waals surface area contributed by atoms with E-state index in [4.69, 9.17) is 25.8 Å². The molecule has 0 bridgehead atoms. The summed E-state index contributed by atoms with van der Waals surface area (Å²) in [7, 11) is 1.61. The third kappa shape index (κ3) is 9.97. The molecule has 9 heteroatoms. The van der Waals surface area contributed by atoms with Crippen molar-refractivity contribution in [2.75, 3.05) is 51.3 Å². The summed E-state index contributed by atoms with van der Waals surface area (Å²) in [4.78, 5) is 31.1. The summed E-state index contributed by atoms with van der Waals surface area (Å²) in [5, 5.41) is 4.03. The topological polar surface area (TPSA) is 80.3 Å². The predicted molar refractivity (Wildman–Crippen MR) is 193 cm³/mol. The first kappa shape index (κ1) is 37.2. The molecule has 0 aromatic heterocycles. The van der Waals surface area contributed by atoms with Crippen LogP contribution >= 0.6 is 11.6 Å². The number of ether oxygens (including phenoxy) is 3. The zero-order valence-corrected chi connectivity index (χ0v) is 30.1. The van der Waals surface area contributed by atoms with E-state index in [-0.39, 0.29) is 23.7 Å². The van der Waals surface area contributed by atoms with Crippen LogP contribution in [0.25, 0.3) is 0 Å². The first-order chi connectivity index (χ1) is 23.1. The van der Waals surface area contributed by atoms with Gasteiger partial charge in [0.05, 0.1) is 20.1 Å². The van der Waals surface area contributed by atoms with Crippen LogP contribution in [0.1, 0.15) is 76.7 Å². The van der Waals surface area contributed by atoms with Crippen LogP contribution < -0.4 is 19.7 Å². The van der Waals surface area contributed by atoms with Gasteiger partial charge in [0, 0.05) is 41.5 Å². The average Bonchev–Trinajstić information content (AvgIpc) is 3.16. The molecule has 0 fully saturated rings. The summed E-state index contributed by atoms with van der Waals surface area (Å²) in [5.41, 5.74) is 3.26. The van der Waals surface area contributed by atoms with Crippen molar-refractivity contribution in [1.82, 2.24) is 10.2 Å². The van der Waals surface area contributed by atoms with Gasteiger partial charge in [0.2, 0.25) is 5.91 Å². The Morgan fingerprint density at radius 1 is 0.979 bits per heavy atom. The van der Waals surface area contributed by atoms with E-state index in [1.54, 1.807) is 23.0 Å². The van der Waals surface area contributed by atoms with Crippen molar-refractivity contribution < 1.29 is 23.8 Å². The number of fused-ring (bicyclic) bond motifs is 1. The molecule has 48 heavy (non-hydrogen) atoms. The number of methoxy groups -OCH3 is 1. The molecule has 0 radical (unpaired) electrons. The van der Waals surface area contributed by atoms with Gasteiger partial charge in [0.15, 0.2) is 11.5 Å². The number of rotatable bonds is 16. The molecule has 8 nitrogen and oxygen atoms in total. The van der Waals surface area contributed by atoms with Gasteiger partial charge < -0.3 is 29.3 Å². The van der Waals surface area contributed by atoms with Crippen molar-refractivity contribution in [3.8, 4) is 11.5 Å². The molecule has 0 saturated carbocycles. The number of halogens is 1. The Bertz CT molecular complexity index is 1490. The van der Waals surface area contributed by atoms with E-state index in [0.29, 0.717) is 54.0 Å². The SMILES string of the molecule is CCN(CC)C(=O)C[C@H]1O[C@H](c2cccc(OCCCNCCCc3ccccc3)c2OC)c2cc(Cl)ccc2N(CC(C)(C)C)C1=O. The molecular formula is C39H52ClN3O5. The van der Waals surface area contributed by atoms with E-state index < -0.39 is 12.2 Å². The minimum atomic E-state index is -1.01. The molecular weight excluding hydrogens is 626 g/mol. The monoisotopic (exact) mass is 677 g/mol. The summed E-state index contributed by atoms with van der Waals surface area (Å²) >= 11 is 6.58. The normalized spacial score (nSPS) is 16.3. The number of anilines is 1. The Kier molecular flexibility index (Phi) is 13.7. The number of carbonyl (C=O) groups excluding carboxylic acids is 2. The van der Waals surface area contributed by atoms with Crippen molar-refractivity contribution in [3.05, 3.63) is 88.4 Å². The van der Waals surface area contributed by atoms with Crippen LogP contribution in [0.2, 0.25) is 5.02 Å². The Hall–Kier alpha value is -3.59. The fraction of sp³-hybridized carbons (Fsp3) is 0.487. The summed E-state index contributed by atoms with van der Waals surface area (Å²) in [6.45, 7) is 13.9. The molecule has 0 unspecified atom stereocenters. The molecule has 4 rings (SSSR count). The van der Waals surface area contributed by atoms with Crippen molar-refractivity contribution in [1.29, 1.82) is 0 Å². The lowest BCUT2D eigenvalue weighted by Gasteiger charge is -2.31. The molecule has 2 amide bonds. The van der Waals surface area contributed by atoms with Gasteiger partial charge in [0.25, 0.3) is 5.91 Å². The van der Waals surface area contributed by atoms with Gasteiger partial charge in [-0.25, -0.2) is 0 Å². The molecule has 1 aliphatic rings. The standard InChI is InChI=1S/C39H52ClN3O5/c1-7-42(8-2)35(44)26-34-38(45)43(27-39(3,4)5)32-21-20-29(40)25-31(32)36(48-34)30-18-12-19-33(37(30)46-6)47-24-14-23-41-22-13-17-28-15-10-9-11-16-28/h9-12,15-16,18-21,25,34,36,41H,7-8,13-14,17,22-24,26-27H2,1-6H3/t34-,36-/m1/s1. The molecule has 0 aliphatic carbocycles. The maximum absolute atomic E-state index is 14.3. The number of benzene rings is 3. The lowest BCUT2D eigenvalue weighted by molar-refractivity contribution is -0.142. The number of hydrogen-bond donors (Lipinski definition) is 1. The second kappa shape index (κ2) is 17.7. The highest BCUT2D eigenvalue weighted by Crippen LogP contribution is 2.45. The highest BCUT2D eigenvalue weighted by Gasteiger charge is 2.40. The second-order valence-corrected chi connectivity index (χ2v) is 13.8. The third-order valence-corrected chi connectivity index (χ3v) is 8.66. The molecule has 1 N–H and O–H groups in total. The maximum Gasteiger partial charge on any atom is 0.256 e. The minimum Gasteiger partial charge on any atom is -0.492 e. The fourth-order valence-corrected chi connectivity index (χ4v) is 6.27. The molecule has 260 valence electrons. The van der Waals surface area contributed by atoms with Crippen LogP contribution in [0.3, 0.4) is 0 Å². The van der Waals surface area contributed by atoms with Crippen molar-refractivity contribution in [2.24, 2.45) is 5.41 Å². The number of hydrogen-bond acceptors (Lipinski definition) is 6. The van der Waals surface area contributed by atoms with E-state index in [0.717, 1.165) is 37.9 Å². The van der Waals surface area contributed by atoms with E-state index >= 15 is 0 Å². The molecule has 1 aliphatic heterocycles. The molecule has 0 spiro atoms. The lowest BCUT2D eigenvalue weighted by atomic mass is 9.94. The highest BCUT2D eigenvalue weighted by atomic mass is 35.5. The number of para-hydroxylation sites is 1. The molecule has 2 atom stereocenters. The lowest BCUT2D eigenvalue weighted by Crippen LogP contribution is -2.45. The zero-order chi connectivity index (χ0) is 34.7. The molecule has 0 saturated heterocycles. The van der Waals surface area contributed by atoms with Gasteiger partial charge >= 0.3 is 0 Å². The Labute approximate surface area is 291 Å². The number of aryl methyl sites for hydroxylation is 1. The van der Waals surface area contributed by atoms with Crippen LogP contribution in [-0.2, 0) is 20.7 Å². The van der Waals surface area contributed by atoms with Crippen LogP contribution in [0.15, 0.2) is 66.7 Å². The van der Waals surface area contributed by atoms with Crippen LogP contribution in [0.5, 0.6) is 11.5 Å². The molecule has 3 aromatic carbocycles. The summed E-state index contributed by atoms with van der Waals surface area (Å²) in [6, 6.07) is 21.7. The number of nitrogens with zero attached hydrogens (tertiary/aromatic N) is 2. The van der Waals surface area contributed by atoms with Crippen molar-refractivity contribution in [3.63, 3.8) is 0 Å². The zero-order valence-electron chi connectivity index (χ0n) is 29.4. The minimum absolute atomic E-state index is 0.0732. The van der Waals surface area contributed by atoms with Gasteiger partial charge in [-0.2, -0.15) is 0 Å². The highest BCUT2D eigenvalue weighted by molar-refractivity contribution is 6.30. The fourth-order valence-electron chi connectivity index (χ4n) is 6.09. The average molecular weight is 678 g/mol. The second-order valence-electron chi connectivity index (χ2n) is 13.4. The van der Waals surface area contributed by atoms with Crippen LogP contribution in [-0.4, -0.2) is 69.3 Å². The summed E-state index contributed by atoms with van der Waals surface area (Å²) < 4.78 is 18.9. The molecule has 3 aromatic rings. The van der Waals surface area contributed by atoms with E-state index in [2.05, 4.69) is 50.4 Å². The summed E-state index contributed by atoms with van der Waals surface area (Å²) in [5.74, 6) is 0.729. The third-order valence-electron chi connectivity index (χ3n) is 8.43. The van der Waals surface area contributed by atoms with E-state index in [1.165, 1.54) is 5.56 Å². The quantitative estimate of drug-likeness (QED) is 0.159. The van der Waals surface area contributed by atoms with Crippen molar-refractivity contribution >= 4 is 29.1 Å². The van der Waals surface area contributed by atoms with Crippen LogP contribution in [0, 0.1) is 5.41 Å². The number of nitrogens with one attached hydrogen (secondary N) is 1. The summed E-state index contributed by atoms with van der Waals surface area (Å²) in [6.07, 6.45) is 1.12. The van der Waals surface area contributed by atoms with Crippen molar-refractivity contribution in [2.45, 2.75) is 72.5 Å². The smallest absolute Gasteiger partial charge is 0.256 e. The van der Waals surface area contributed by atoms with E-state index in [1.807, 2.05) is 50.2 Å². The predicted octanol–water partition coefficient (Wildman–Crippen LogP) is 7.47. The molecule has 1 heterocycles. The van der Waals surface area contributed by atoms with Gasteiger partial charge in [-0.3, -0.25) is 9.59 Å². The van der Waals surface area contributed by atoms with Gasteiger partial charge in [-0.15, -0.1) is 0 Å².